The van der Waals surface area contributed by atoms with Crippen molar-refractivity contribution in [1.29, 1.82) is 0 Å². The molecule has 0 bridgehead atoms. The Hall–Kier alpha value is -0.0600. The van der Waals surface area contributed by atoms with E-state index in [0.717, 1.165) is 0 Å². The molecule has 0 spiro atoms. The first kappa shape index (κ1) is 13.0. The van der Waals surface area contributed by atoms with E-state index in [9.17, 15) is 0 Å². The smallest absolute Gasteiger partial charge is 0.165 e. The van der Waals surface area contributed by atoms with Crippen LogP contribution < -0.4 is 24.0 Å². The fraction of sp³-hybridized carbons (Fsp3) is 0.750. The van der Waals surface area contributed by atoms with Crippen molar-refractivity contribution in [3.63, 3.8) is 0 Å². The van der Waals surface area contributed by atoms with Gasteiger partial charge in [-0.25, -0.2) is 4.58 Å². The standard InChI is InChI=1S/C12H21N2.HI/c1-12(2)10-11(6-9-13(12)3)14-7-4-5-8-14;/h6,9H,4-5,7-8,10H2,1-3H3;1H/q+1;/p-1. The predicted molar refractivity (Wildman–Crippen MR) is 59.8 cm³/mol. The Balaban J connectivity index is 0.00000112. The van der Waals surface area contributed by atoms with Crippen molar-refractivity contribution < 1.29 is 28.6 Å². The summed E-state index contributed by atoms with van der Waals surface area (Å²) in [5.41, 5.74) is 1.82. The molecule has 0 amide bonds. The van der Waals surface area contributed by atoms with E-state index in [1.54, 1.807) is 0 Å². The van der Waals surface area contributed by atoms with E-state index in [1.807, 2.05) is 0 Å². The van der Waals surface area contributed by atoms with Crippen molar-refractivity contribution >= 4 is 6.21 Å². The van der Waals surface area contributed by atoms with E-state index in [1.165, 1.54) is 38.0 Å². The van der Waals surface area contributed by atoms with Gasteiger partial charge in [0.15, 0.2) is 11.8 Å². The Morgan fingerprint density at radius 2 is 1.87 bits per heavy atom. The topological polar surface area (TPSA) is 6.25 Å². The number of hydrogen-bond acceptors (Lipinski definition) is 1. The molecule has 15 heavy (non-hydrogen) atoms. The average Bonchev–Trinajstić information content (AvgIpc) is 2.62. The van der Waals surface area contributed by atoms with Crippen LogP contribution in [-0.4, -0.2) is 41.4 Å². The Bertz CT molecular complexity index is 286. The van der Waals surface area contributed by atoms with Gasteiger partial charge in [0.05, 0.1) is 6.42 Å². The quantitative estimate of drug-likeness (QED) is 0.438. The molecule has 0 aromatic heterocycles. The van der Waals surface area contributed by atoms with Crippen molar-refractivity contribution in [1.82, 2.24) is 4.90 Å². The zero-order valence-corrected chi connectivity index (χ0v) is 12.1. The second-order valence-electron chi connectivity index (χ2n) is 5.10. The molecule has 86 valence electrons. The van der Waals surface area contributed by atoms with Crippen LogP contribution in [0.2, 0.25) is 0 Å². The number of hydrogen-bond donors (Lipinski definition) is 0. The Morgan fingerprint density at radius 3 is 2.40 bits per heavy atom. The van der Waals surface area contributed by atoms with Gasteiger partial charge in [0, 0.05) is 38.7 Å². The molecule has 0 atom stereocenters. The Kier molecular flexibility index (Phi) is 4.20. The number of nitrogens with zero attached hydrogens (tertiary/aromatic N) is 2. The SMILES string of the molecule is C[N+]1=CC=C(N2CCCC2)CC1(C)C.[I-]. The van der Waals surface area contributed by atoms with Gasteiger partial charge in [0.1, 0.15) is 7.05 Å². The minimum Gasteiger partial charge on any atom is -1.00 e. The van der Waals surface area contributed by atoms with Crippen LogP contribution in [0.3, 0.4) is 0 Å². The van der Waals surface area contributed by atoms with Crippen LogP contribution in [0.15, 0.2) is 11.8 Å². The minimum atomic E-state index is 0. The fourth-order valence-corrected chi connectivity index (χ4v) is 2.25. The average molecular weight is 320 g/mol. The third kappa shape index (κ3) is 2.74. The molecule has 0 aromatic rings. The van der Waals surface area contributed by atoms with E-state index in [4.69, 9.17) is 0 Å². The first-order chi connectivity index (χ1) is 6.59. The molecule has 1 saturated heterocycles. The van der Waals surface area contributed by atoms with Crippen molar-refractivity contribution in [2.45, 2.75) is 38.6 Å². The van der Waals surface area contributed by atoms with Gasteiger partial charge in [0.25, 0.3) is 0 Å². The van der Waals surface area contributed by atoms with Crippen molar-refractivity contribution in [2.24, 2.45) is 0 Å². The number of halogens is 1. The molecule has 3 heteroatoms. The summed E-state index contributed by atoms with van der Waals surface area (Å²) in [4.78, 5) is 2.55. The summed E-state index contributed by atoms with van der Waals surface area (Å²) in [7, 11) is 2.16. The molecule has 0 aromatic carbocycles. The van der Waals surface area contributed by atoms with E-state index >= 15 is 0 Å². The Morgan fingerprint density at radius 1 is 1.27 bits per heavy atom. The highest BCUT2D eigenvalue weighted by Crippen LogP contribution is 2.26. The van der Waals surface area contributed by atoms with Gasteiger partial charge >= 0.3 is 0 Å². The highest BCUT2D eigenvalue weighted by molar-refractivity contribution is 5.68. The first-order valence-electron chi connectivity index (χ1n) is 5.61. The largest absolute Gasteiger partial charge is 1.00 e. The summed E-state index contributed by atoms with van der Waals surface area (Å²) >= 11 is 0. The number of likely N-dealkylation sites (tertiary alicyclic amines) is 1. The maximum absolute atomic E-state index is 2.55. The molecule has 2 aliphatic rings. The van der Waals surface area contributed by atoms with E-state index in [2.05, 4.69) is 42.7 Å². The summed E-state index contributed by atoms with van der Waals surface area (Å²) in [5, 5.41) is 0. The normalized spacial score (nSPS) is 24.3. The van der Waals surface area contributed by atoms with Gasteiger partial charge in [-0.3, -0.25) is 0 Å². The molecule has 2 nitrogen and oxygen atoms in total. The first-order valence-corrected chi connectivity index (χ1v) is 5.61. The summed E-state index contributed by atoms with van der Waals surface area (Å²) in [6.07, 6.45) is 8.43. The summed E-state index contributed by atoms with van der Waals surface area (Å²) < 4.78 is 2.31. The Labute approximate surface area is 110 Å². The molecule has 0 saturated carbocycles. The van der Waals surface area contributed by atoms with Crippen LogP contribution in [0, 0.1) is 0 Å². The zero-order chi connectivity index (χ0) is 10.2. The van der Waals surface area contributed by atoms with Gasteiger partial charge in [-0.05, 0) is 12.8 Å². The molecular weight excluding hydrogens is 299 g/mol. The lowest BCUT2D eigenvalue weighted by Gasteiger charge is -2.30. The van der Waals surface area contributed by atoms with Crippen molar-refractivity contribution in [2.75, 3.05) is 20.1 Å². The van der Waals surface area contributed by atoms with Crippen molar-refractivity contribution in [3.05, 3.63) is 11.8 Å². The molecule has 0 radical (unpaired) electrons. The maximum Gasteiger partial charge on any atom is 0.165 e. The van der Waals surface area contributed by atoms with Gasteiger partial charge < -0.3 is 28.9 Å². The van der Waals surface area contributed by atoms with Crippen LogP contribution in [0.25, 0.3) is 0 Å². The van der Waals surface area contributed by atoms with Crippen LogP contribution in [-0.2, 0) is 0 Å². The van der Waals surface area contributed by atoms with Gasteiger partial charge in [-0.15, -0.1) is 0 Å². The van der Waals surface area contributed by atoms with Gasteiger partial charge in [-0.2, -0.15) is 0 Å². The summed E-state index contributed by atoms with van der Waals surface area (Å²) in [6.45, 7) is 7.15. The fourth-order valence-electron chi connectivity index (χ4n) is 2.25. The van der Waals surface area contributed by atoms with Crippen molar-refractivity contribution in [3.8, 4) is 0 Å². The van der Waals surface area contributed by atoms with E-state index in [0.29, 0.717) is 0 Å². The third-order valence-corrected chi connectivity index (χ3v) is 3.57. The van der Waals surface area contributed by atoms with Crippen LogP contribution >= 0.6 is 0 Å². The number of allylic oxidation sites excluding steroid dienone is 1. The summed E-state index contributed by atoms with van der Waals surface area (Å²) in [6, 6.07) is 0. The van der Waals surface area contributed by atoms with Crippen LogP contribution in [0.4, 0.5) is 0 Å². The van der Waals surface area contributed by atoms with E-state index in [-0.39, 0.29) is 29.5 Å². The molecule has 0 unspecified atom stereocenters. The van der Waals surface area contributed by atoms with Crippen LogP contribution in [0.5, 0.6) is 0 Å². The highest BCUT2D eigenvalue weighted by Gasteiger charge is 2.33. The number of rotatable bonds is 1. The van der Waals surface area contributed by atoms with Gasteiger partial charge in [0.2, 0.25) is 0 Å². The van der Waals surface area contributed by atoms with Crippen LogP contribution in [0.1, 0.15) is 33.1 Å². The lowest BCUT2D eigenvalue weighted by atomic mass is 9.95. The second kappa shape index (κ2) is 4.85. The lowest BCUT2D eigenvalue weighted by Crippen LogP contribution is -3.00. The monoisotopic (exact) mass is 320 g/mol. The maximum atomic E-state index is 2.55. The molecular formula is C12H21IN2. The molecule has 2 aliphatic heterocycles. The molecule has 0 N–H and O–H groups in total. The zero-order valence-electron chi connectivity index (χ0n) is 9.96. The third-order valence-electron chi connectivity index (χ3n) is 3.57. The van der Waals surface area contributed by atoms with Gasteiger partial charge in [-0.1, -0.05) is 0 Å². The minimum absolute atomic E-state index is 0. The van der Waals surface area contributed by atoms with E-state index < -0.39 is 0 Å². The molecule has 2 heterocycles. The molecule has 2 rings (SSSR count). The molecule has 0 aliphatic carbocycles. The summed E-state index contributed by atoms with van der Waals surface area (Å²) in [5.74, 6) is 0. The predicted octanol–water partition coefficient (Wildman–Crippen LogP) is -1.13. The lowest BCUT2D eigenvalue weighted by molar-refractivity contribution is -0.572. The highest BCUT2D eigenvalue weighted by atomic mass is 127. The molecule has 1 fully saturated rings. The second-order valence-corrected chi connectivity index (χ2v) is 5.10.